The maximum absolute atomic E-state index is 12.3. The number of amides is 1. The molecule has 3 aliphatic carbocycles. The summed E-state index contributed by atoms with van der Waals surface area (Å²) in [6.07, 6.45) is 6.53. The van der Waals surface area contributed by atoms with Crippen LogP contribution in [0.25, 0.3) is 0 Å². The summed E-state index contributed by atoms with van der Waals surface area (Å²) in [6.45, 7) is 5.06. The molecular weight excluding hydrogens is 432 g/mol. The molecule has 0 heterocycles. The number of nitrogens with one attached hydrogen (secondary N) is 1. The predicted molar refractivity (Wildman–Crippen MR) is 113 cm³/mol. The van der Waals surface area contributed by atoms with E-state index in [-0.39, 0.29) is 29.4 Å². The van der Waals surface area contributed by atoms with Crippen molar-refractivity contribution in [2.24, 2.45) is 11.1 Å². The monoisotopic (exact) mass is 464 g/mol. The van der Waals surface area contributed by atoms with Crippen LogP contribution in [0.15, 0.2) is 0 Å². The molecule has 3 N–H and O–H groups in total. The van der Waals surface area contributed by atoms with Crippen LogP contribution in [0.2, 0.25) is 0 Å². The topological polar surface area (TPSA) is 82.8 Å². The minimum absolute atomic E-state index is 0.0183. The first-order valence-electron chi connectivity index (χ1n) is 9.93. The average molecular weight is 465 g/mol. The number of rotatable bonds is 11. The van der Waals surface area contributed by atoms with Gasteiger partial charge < -0.3 is 25.3 Å². The number of alkyl halides is 1. The van der Waals surface area contributed by atoms with Crippen LogP contribution in [0.1, 0.15) is 65.2 Å². The van der Waals surface area contributed by atoms with Crippen molar-refractivity contribution >= 4 is 39.2 Å². The zero-order valence-electron chi connectivity index (χ0n) is 16.4. The Morgan fingerprint density at radius 2 is 1.85 bits per heavy atom. The molecule has 0 radical (unpaired) electrons. The smallest absolute Gasteiger partial charge is 0.407 e. The largest absolute Gasteiger partial charge is 0.447 e. The Labute approximate surface area is 176 Å². The lowest BCUT2D eigenvalue weighted by atomic mass is 9.57. The molecule has 27 heavy (non-hydrogen) atoms. The highest BCUT2D eigenvalue weighted by atomic mass is 79.9. The third kappa shape index (κ3) is 6.27. The van der Waals surface area contributed by atoms with Crippen LogP contribution in [-0.4, -0.2) is 47.6 Å². The summed E-state index contributed by atoms with van der Waals surface area (Å²) in [5.41, 5.74) is 5.82. The Morgan fingerprint density at radius 3 is 2.37 bits per heavy atom. The van der Waals surface area contributed by atoms with E-state index in [1.165, 1.54) is 0 Å². The third-order valence-electron chi connectivity index (χ3n) is 5.98. The first kappa shape index (κ1) is 22.8. The van der Waals surface area contributed by atoms with Crippen molar-refractivity contribution in [1.29, 1.82) is 0 Å². The quantitative estimate of drug-likeness (QED) is 0.208. The van der Waals surface area contributed by atoms with E-state index in [0.29, 0.717) is 23.5 Å². The number of fused-ring (bicyclic) bond motifs is 3. The van der Waals surface area contributed by atoms with Crippen molar-refractivity contribution in [3.8, 4) is 0 Å². The highest BCUT2D eigenvalue weighted by Crippen LogP contribution is 2.52. The molecule has 0 aromatic rings. The number of hydrogen-bond donors (Lipinski definition) is 2. The van der Waals surface area contributed by atoms with Crippen LogP contribution in [0.5, 0.6) is 0 Å². The fourth-order valence-corrected chi connectivity index (χ4v) is 4.82. The number of carbonyl (C=O) groups is 1. The number of nitrogens with two attached hydrogens (primary N) is 1. The van der Waals surface area contributed by atoms with Gasteiger partial charge in [0.2, 0.25) is 0 Å². The maximum Gasteiger partial charge on any atom is 0.407 e. The molecule has 0 saturated heterocycles. The van der Waals surface area contributed by atoms with Gasteiger partial charge in [-0.1, -0.05) is 28.1 Å². The Bertz CT molecular complexity index is 495. The molecule has 3 aliphatic rings. The molecular formula is C19H33BrN2O4S. The van der Waals surface area contributed by atoms with Crippen molar-refractivity contribution in [2.45, 2.75) is 83.1 Å². The minimum atomic E-state index is -0.319. The predicted octanol–water partition coefficient (Wildman–Crippen LogP) is 4.03. The van der Waals surface area contributed by atoms with Gasteiger partial charge in [0, 0.05) is 24.2 Å². The van der Waals surface area contributed by atoms with Crippen LogP contribution >= 0.6 is 28.1 Å². The second-order valence-electron chi connectivity index (χ2n) is 7.82. The minimum Gasteiger partial charge on any atom is -0.447 e. The Balaban J connectivity index is 1.66. The number of ether oxygens (including phenoxy) is 3. The summed E-state index contributed by atoms with van der Waals surface area (Å²) >= 11 is 8.63. The second-order valence-corrected chi connectivity index (χ2v) is 8.91. The average Bonchev–Trinajstić information content (AvgIpc) is 2.65. The van der Waals surface area contributed by atoms with E-state index in [2.05, 4.69) is 21.2 Å². The standard InChI is InChI=1S/C19H33BrN2O4S/c1-3-24-15(13-20)25-12-4-5-14(2)26-17(23)22-19-9-6-18(7-10-19,8-11-19)16(21)27/h14-15H,3-13H2,1-2H3,(H2,21,27)(H,22,23). The normalized spacial score (nSPS) is 29.1. The highest BCUT2D eigenvalue weighted by Gasteiger charge is 2.50. The van der Waals surface area contributed by atoms with Gasteiger partial charge in [-0.3, -0.25) is 0 Å². The summed E-state index contributed by atoms with van der Waals surface area (Å²) in [5.74, 6) is 0. The first-order valence-corrected chi connectivity index (χ1v) is 11.5. The molecule has 2 unspecified atom stereocenters. The number of hydrogen-bond acceptors (Lipinski definition) is 5. The molecule has 2 atom stereocenters. The van der Waals surface area contributed by atoms with Crippen LogP contribution in [0, 0.1) is 5.41 Å². The van der Waals surface area contributed by atoms with Gasteiger partial charge in [0.1, 0.15) is 6.10 Å². The van der Waals surface area contributed by atoms with Crippen molar-refractivity contribution < 1.29 is 19.0 Å². The molecule has 3 rings (SSSR count). The van der Waals surface area contributed by atoms with E-state index >= 15 is 0 Å². The number of alkyl carbamates (subject to hydrolysis) is 1. The summed E-state index contributed by atoms with van der Waals surface area (Å²) in [4.78, 5) is 13.0. The van der Waals surface area contributed by atoms with E-state index in [4.69, 9.17) is 32.2 Å². The van der Waals surface area contributed by atoms with Crippen molar-refractivity contribution in [3.05, 3.63) is 0 Å². The Hall–Kier alpha value is -0.440. The Kier molecular flexibility index (Phi) is 8.77. The van der Waals surface area contributed by atoms with E-state index in [1.54, 1.807) is 0 Å². The lowest BCUT2D eigenvalue weighted by Crippen LogP contribution is -2.59. The van der Waals surface area contributed by atoms with Gasteiger partial charge in [-0.15, -0.1) is 0 Å². The summed E-state index contributed by atoms with van der Waals surface area (Å²) < 4.78 is 16.6. The second kappa shape index (κ2) is 10.4. The zero-order chi connectivity index (χ0) is 19.9. The van der Waals surface area contributed by atoms with Crippen molar-refractivity contribution in [1.82, 2.24) is 5.32 Å². The van der Waals surface area contributed by atoms with Gasteiger partial charge in [0.05, 0.1) is 10.3 Å². The molecule has 156 valence electrons. The molecule has 6 nitrogen and oxygen atoms in total. The van der Waals surface area contributed by atoms with E-state index in [0.717, 1.165) is 51.4 Å². The van der Waals surface area contributed by atoms with Crippen LogP contribution in [0.3, 0.4) is 0 Å². The number of halogens is 1. The molecule has 2 bridgehead atoms. The van der Waals surface area contributed by atoms with Crippen molar-refractivity contribution in [3.63, 3.8) is 0 Å². The molecule has 1 amide bonds. The molecule has 0 spiro atoms. The maximum atomic E-state index is 12.3. The fourth-order valence-electron chi connectivity index (χ4n) is 4.14. The van der Waals surface area contributed by atoms with E-state index in [9.17, 15) is 4.79 Å². The molecule has 8 heteroatoms. The summed E-state index contributed by atoms with van der Waals surface area (Å²) in [6, 6.07) is 0. The highest BCUT2D eigenvalue weighted by molar-refractivity contribution is 9.09. The van der Waals surface area contributed by atoms with Gasteiger partial charge in [-0.2, -0.15) is 0 Å². The summed E-state index contributed by atoms with van der Waals surface area (Å²) in [5, 5.41) is 3.79. The third-order valence-corrected chi connectivity index (χ3v) is 6.94. The van der Waals surface area contributed by atoms with Crippen LogP contribution < -0.4 is 11.1 Å². The van der Waals surface area contributed by atoms with E-state index < -0.39 is 0 Å². The van der Waals surface area contributed by atoms with Gasteiger partial charge in [-0.25, -0.2) is 4.79 Å². The lowest BCUT2D eigenvalue weighted by molar-refractivity contribution is -0.124. The van der Waals surface area contributed by atoms with Gasteiger partial charge in [0.15, 0.2) is 6.29 Å². The van der Waals surface area contributed by atoms with Gasteiger partial charge >= 0.3 is 6.09 Å². The van der Waals surface area contributed by atoms with Crippen LogP contribution in [-0.2, 0) is 14.2 Å². The SMILES string of the molecule is CCOC(CBr)OCCCC(C)OC(=O)NC12CCC(C(N)=S)(CC1)CC2. The molecule has 0 aromatic carbocycles. The van der Waals surface area contributed by atoms with Crippen LogP contribution in [0.4, 0.5) is 4.79 Å². The molecule has 3 saturated carbocycles. The summed E-state index contributed by atoms with van der Waals surface area (Å²) in [7, 11) is 0. The van der Waals surface area contributed by atoms with Crippen molar-refractivity contribution in [2.75, 3.05) is 18.5 Å². The molecule has 0 aliphatic heterocycles. The number of carbonyl (C=O) groups excluding carboxylic acids is 1. The number of thiocarbonyl (C=S) groups is 1. The molecule has 3 fully saturated rings. The fraction of sp³-hybridized carbons (Fsp3) is 0.895. The lowest BCUT2D eigenvalue weighted by Gasteiger charge is -2.53. The van der Waals surface area contributed by atoms with E-state index in [1.807, 2.05) is 13.8 Å². The van der Waals surface area contributed by atoms with Gasteiger partial charge in [0.25, 0.3) is 0 Å². The molecule has 0 aromatic heterocycles. The zero-order valence-corrected chi connectivity index (χ0v) is 18.8. The van der Waals surface area contributed by atoms with Gasteiger partial charge in [-0.05, 0) is 65.2 Å². The Morgan fingerprint density at radius 1 is 1.22 bits per heavy atom. The first-order chi connectivity index (χ1) is 12.8.